The lowest BCUT2D eigenvalue weighted by molar-refractivity contribution is -0.134. The molecule has 1 amide bonds. The third kappa shape index (κ3) is 3.21. The summed E-state index contributed by atoms with van der Waals surface area (Å²) in [7, 11) is 0. The van der Waals surface area contributed by atoms with E-state index in [1.807, 2.05) is 53.4 Å². The first kappa shape index (κ1) is 17.7. The van der Waals surface area contributed by atoms with Crippen LogP contribution in [0.15, 0.2) is 78.9 Å². The van der Waals surface area contributed by atoms with E-state index in [-0.39, 0.29) is 17.9 Å². The van der Waals surface area contributed by atoms with E-state index in [1.165, 1.54) is 16.7 Å². The molecule has 1 aliphatic carbocycles. The molecular weight excluding hydrogens is 356 g/mol. The Morgan fingerprint density at radius 2 is 1.69 bits per heavy atom. The molecule has 5 rings (SSSR count). The highest BCUT2D eigenvalue weighted by Gasteiger charge is 2.47. The standard InChI is InChI=1S/C26H22N2O/c27-17-18-7-6-11-21(15-18)25-22-12-5-4-10-20(22)13-14-28(25)26(29)24-16-23(24)19-8-2-1-3-9-19/h1-12,15,23-25H,13-14,16H2/t23-,24+,25?/m0/s1. The van der Waals surface area contributed by atoms with Crippen LogP contribution in [0.3, 0.4) is 0 Å². The van der Waals surface area contributed by atoms with E-state index in [0.717, 1.165) is 24.9 Å². The van der Waals surface area contributed by atoms with Crippen molar-refractivity contribution in [1.82, 2.24) is 4.90 Å². The van der Waals surface area contributed by atoms with Crippen LogP contribution >= 0.6 is 0 Å². The molecule has 0 radical (unpaired) electrons. The quantitative estimate of drug-likeness (QED) is 0.655. The van der Waals surface area contributed by atoms with Gasteiger partial charge in [-0.3, -0.25) is 4.79 Å². The Bertz CT molecular complexity index is 1100. The van der Waals surface area contributed by atoms with Crippen molar-refractivity contribution >= 4 is 5.91 Å². The number of rotatable bonds is 3. The number of benzene rings is 3. The van der Waals surface area contributed by atoms with E-state index in [4.69, 9.17) is 0 Å². The first-order valence-corrected chi connectivity index (χ1v) is 10.2. The summed E-state index contributed by atoms with van der Waals surface area (Å²) in [6.07, 6.45) is 1.80. The van der Waals surface area contributed by atoms with Gasteiger partial charge < -0.3 is 4.90 Å². The van der Waals surface area contributed by atoms with Gasteiger partial charge in [0.05, 0.1) is 17.7 Å². The number of carbonyl (C=O) groups is 1. The van der Waals surface area contributed by atoms with E-state index in [2.05, 4.69) is 36.4 Å². The molecule has 0 spiro atoms. The topological polar surface area (TPSA) is 44.1 Å². The number of nitriles is 1. The van der Waals surface area contributed by atoms with Crippen LogP contribution in [0.5, 0.6) is 0 Å². The van der Waals surface area contributed by atoms with Crippen LogP contribution in [0.2, 0.25) is 0 Å². The zero-order valence-electron chi connectivity index (χ0n) is 16.2. The second-order valence-corrected chi connectivity index (χ2v) is 7.98. The maximum Gasteiger partial charge on any atom is 0.227 e. The van der Waals surface area contributed by atoms with Crippen molar-refractivity contribution < 1.29 is 4.79 Å². The summed E-state index contributed by atoms with van der Waals surface area (Å²) in [6.45, 7) is 0.718. The normalized spacial score (nSPS) is 22.4. The van der Waals surface area contributed by atoms with Crippen LogP contribution in [0.25, 0.3) is 0 Å². The summed E-state index contributed by atoms with van der Waals surface area (Å²) in [4.78, 5) is 15.6. The van der Waals surface area contributed by atoms with Crippen molar-refractivity contribution in [3.05, 3.63) is 107 Å². The lowest BCUT2D eigenvalue weighted by Crippen LogP contribution is -2.41. The molecule has 2 aliphatic rings. The first-order chi connectivity index (χ1) is 14.3. The second-order valence-electron chi connectivity index (χ2n) is 7.98. The minimum atomic E-state index is -0.127. The lowest BCUT2D eigenvalue weighted by atomic mass is 9.87. The van der Waals surface area contributed by atoms with E-state index >= 15 is 0 Å². The fraction of sp³-hybridized carbons (Fsp3) is 0.231. The molecule has 1 fully saturated rings. The Balaban J connectivity index is 1.50. The molecule has 3 atom stereocenters. The van der Waals surface area contributed by atoms with Gasteiger partial charge in [-0.1, -0.05) is 66.7 Å². The third-order valence-corrected chi connectivity index (χ3v) is 6.23. The number of hydrogen-bond acceptors (Lipinski definition) is 2. The third-order valence-electron chi connectivity index (χ3n) is 6.23. The molecule has 3 heteroatoms. The zero-order valence-corrected chi connectivity index (χ0v) is 16.2. The van der Waals surface area contributed by atoms with Gasteiger partial charge in [0.1, 0.15) is 0 Å². The van der Waals surface area contributed by atoms with Gasteiger partial charge in [-0.2, -0.15) is 5.26 Å². The zero-order chi connectivity index (χ0) is 19.8. The predicted molar refractivity (Wildman–Crippen MR) is 112 cm³/mol. The number of hydrogen-bond donors (Lipinski definition) is 0. The Labute approximate surface area is 171 Å². The Morgan fingerprint density at radius 1 is 0.931 bits per heavy atom. The monoisotopic (exact) mass is 378 g/mol. The van der Waals surface area contributed by atoms with E-state index in [0.29, 0.717) is 11.5 Å². The summed E-state index contributed by atoms with van der Waals surface area (Å²) >= 11 is 0. The van der Waals surface area contributed by atoms with Crippen molar-refractivity contribution in [2.75, 3.05) is 6.54 Å². The fourth-order valence-electron chi connectivity index (χ4n) is 4.69. The van der Waals surface area contributed by atoms with Crippen LogP contribution in [0.1, 0.15) is 46.2 Å². The fourth-order valence-corrected chi connectivity index (χ4v) is 4.69. The van der Waals surface area contributed by atoms with Crippen molar-refractivity contribution in [2.45, 2.75) is 24.8 Å². The average Bonchev–Trinajstić information content (AvgIpc) is 3.59. The van der Waals surface area contributed by atoms with Gasteiger partial charge in [-0.15, -0.1) is 0 Å². The molecule has 3 aromatic carbocycles. The molecule has 1 aliphatic heterocycles. The maximum absolute atomic E-state index is 13.6. The minimum Gasteiger partial charge on any atom is -0.331 e. The van der Waals surface area contributed by atoms with Crippen LogP contribution in [-0.2, 0) is 11.2 Å². The minimum absolute atomic E-state index is 0.0595. The van der Waals surface area contributed by atoms with E-state index < -0.39 is 0 Å². The molecule has 29 heavy (non-hydrogen) atoms. The SMILES string of the molecule is N#Cc1cccc(C2c3ccccc3CCN2C(=O)[C@@H]2C[C@H]2c2ccccc2)c1. The van der Waals surface area contributed by atoms with Crippen LogP contribution < -0.4 is 0 Å². The summed E-state index contributed by atoms with van der Waals surface area (Å²) in [5.41, 5.74) is 5.37. The molecule has 142 valence electrons. The molecule has 0 aromatic heterocycles. The highest BCUT2D eigenvalue weighted by molar-refractivity contribution is 5.84. The van der Waals surface area contributed by atoms with Crippen LogP contribution in [0.4, 0.5) is 0 Å². The molecule has 1 heterocycles. The molecule has 1 unspecified atom stereocenters. The Kier molecular flexibility index (Phi) is 4.41. The largest absolute Gasteiger partial charge is 0.331 e. The molecule has 0 bridgehead atoms. The van der Waals surface area contributed by atoms with Crippen molar-refractivity contribution in [1.29, 1.82) is 5.26 Å². The molecular formula is C26H22N2O. The number of amides is 1. The van der Waals surface area contributed by atoms with Gasteiger partial charge in [0.2, 0.25) is 5.91 Å². The molecule has 1 saturated carbocycles. The van der Waals surface area contributed by atoms with Gasteiger partial charge in [0.15, 0.2) is 0 Å². The van der Waals surface area contributed by atoms with Crippen LogP contribution in [-0.4, -0.2) is 17.4 Å². The van der Waals surface area contributed by atoms with Gasteiger partial charge in [0.25, 0.3) is 0 Å². The van der Waals surface area contributed by atoms with E-state index in [9.17, 15) is 10.1 Å². The highest BCUT2D eigenvalue weighted by atomic mass is 16.2. The first-order valence-electron chi connectivity index (χ1n) is 10.2. The summed E-state index contributed by atoms with van der Waals surface area (Å²) in [6, 6.07) is 28.5. The Hall–Kier alpha value is -3.38. The number of fused-ring (bicyclic) bond motifs is 1. The number of carbonyl (C=O) groups excluding carboxylic acids is 1. The molecule has 0 N–H and O–H groups in total. The smallest absolute Gasteiger partial charge is 0.227 e. The summed E-state index contributed by atoms with van der Waals surface area (Å²) in [5, 5.41) is 9.36. The molecule has 0 saturated heterocycles. The Morgan fingerprint density at radius 3 is 2.52 bits per heavy atom. The summed E-state index contributed by atoms with van der Waals surface area (Å²) < 4.78 is 0. The molecule has 3 aromatic rings. The summed E-state index contributed by atoms with van der Waals surface area (Å²) in [5.74, 6) is 0.622. The lowest BCUT2D eigenvalue weighted by Gasteiger charge is -2.38. The average molecular weight is 378 g/mol. The maximum atomic E-state index is 13.6. The van der Waals surface area contributed by atoms with Gasteiger partial charge in [-0.05, 0) is 53.1 Å². The molecule has 3 nitrogen and oxygen atoms in total. The highest BCUT2D eigenvalue weighted by Crippen LogP contribution is 2.50. The predicted octanol–water partition coefficient (Wildman–Crippen LogP) is 4.84. The van der Waals surface area contributed by atoms with Crippen LogP contribution in [0, 0.1) is 17.2 Å². The van der Waals surface area contributed by atoms with Gasteiger partial charge in [-0.25, -0.2) is 0 Å². The second kappa shape index (κ2) is 7.22. The van der Waals surface area contributed by atoms with E-state index in [1.54, 1.807) is 0 Å². The van der Waals surface area contributed by atoms with Crippen molar-refractivity contribution in [2.24, 2.45) is 5.92 Å². The van der Waals surface area contributed by atoms with Gasteiger partial charge >= 0.3 is 0 Å². The van der Waals surface area contributed by atoms with Crippen molar-refractivity contribution in [3.8, 4) is 6.07 Å². The van der Waals surface area contributed by atoms with Gasteiger partial charge in [0, 0.05) is 12.5 Å². The van der Waals surface area contributed by atoms with Crippen molar-refractivity contribution in [3.63, 3.8) is 0 Å². The number of nitrogens with zero attached hydrogens (tertiary/aromatic N) is 2.